The van der Waals surface area contributed by atoms with Crippen molar-refractivity contribution in [3.63, 3.8) is 0 Å². The molecule has 0 saturated carbocycles. The molecule has 4 N–H and O–H groups in total. The summed E-state index contributed by atoms with van der Waals surface area (Å²) in [6, 6.07) is 0. The molecule has 0 radical (unpaired) electrons. The largest absolute Gasteiger partial charge is 0.401 e. The van der Waals surface area contributed by atoms with Crippen molar-refractivity contribution in [2.45, 2.75) is 11.7 Å². The van der Waals surface area contributed by atoms with Gasteiger partial charge in [-0.15, -0.1) is 0 Å². The Hall–Kier alpha value is -0.370. The third-order valence-electron chi connectivity index (χ3n) is 1.57. The van der Waals surface area contributed by atoms with Crippen LogP contribution in [0.2, 0.25) is 0 Å². The van der Waals surface area contributed by atoms with Gasteiger partial charge in [-0.25, -0.2) is 0 Å². The topological polar surface area (TPSA) is 72.7 Å². The smallest absolute Gasteiger partial charge is 0.394 e. The van der Waals surface area contributed by atoms with Gasteiger partial charge in [-0.3, -0.25) is 5.32 Å². The van der Waals surface area contributed by atoms with E-state index >= 15 is 0 Å². The maximum atomic E-state index is 11.7. The lowest BCUT2D eigenvalue weighted by Crippen LogP contribution is -2.57. The Morgan fingerprint density at radius 2 is 1.31 bits per heavy atom. The van der Waals surface area contributed by atoms with Crippen molar-refractivity contribution in [2.75, 3.05) is 26.4 Å². The predicted molar refractivity (Wildman–Crippen MR) is 38.0 cm³/mol. The van der Waals surface area contributed by atoms with Crippen LogP contribution in [0.3, 0.4) is 0 Å². The van der Waals surface area contributed by atoms with Crippen LogP contribution in [0.1, 0.15) is 0 Å². The van der Waals surface area contributed by atoms with Gasteiger partial charge in [0.25, 0.3) is 0 Å². The first-order chi connectivity index (χ1) is 5.89. The molecular formula is C6H12F3NO3. The Bertz CT molecular complexity index is 138. The summed E-state index contributed by atoms with van der Waals surface area (Å²) in [4.78, 5) is 0. The molecule has 0 aliphatic carbocycles. The highest BCUT2D eigenvalue weighted by Gasteiger charge is 2.34. The second-order valence-electron chi connectivity index (χ2n) is 2.72. The number of aliphatic hydroxyl groups is 3. The lowest BCUT2D eigenvalue weighted by atomic mass is 10.0. The van der Waals surface area contributed by atoms with Crippen LogP contribution in [0.15, 0.2) is 0 Å². The molecule has 0 fully saturated rings. The lowest BCUT2D eigenvalue weighted by Gasteiger charge is -2.29. The van der Waals surface area contributed by atoms with Crippen LogP contribution >= 0.6 is 0 Å². The molecule has 0 aliphatic rings. The van der Waals surface area contributed by atoms with Gasteiger partial charge in [0, 0.05) is 0 Å². The maximum Gasteiger partial charge on any atom is 0.401 e. The number of hydrogen-bond acceptors (Lipinski definition) is 4. The van der Waals surface area contributed by atoms with Gasteiger partial charge in [0.2, 0.25) is 0 Å². The van der Waals surface area contributed by atoms with Crippen molar-refractivity contribution >= 4 is 0 Å². The molecule has 0 amide bonds. The summed E-state index contributed by atoms with van der Waals surface area (Å²) in [5, 5.41) is 27.7. The van der Waals surface area contributed by atoms with Crippen molar-refractivity contribution in [3.05, 3.63) is 0 Å². The number of alkyl halides is 3. The van der Waals surface area contributed by atoms with Crippen LogP contribution in [0.4, 0.5) is 13.2 Å². The van der Waals surface area contributed by atoms with Gasteiger partial charge in [0.1, 0.15) is 0 Å². The van der Waals surface area contributed by atoms with E-state index in [1.165, 1.54) is 0 Å². The molecule has 0 rings (SSSR count). The van der Waals surface area contributed by atoms with E-state index in [0.29, 0.717) is 0 Å². The van der Waals surface area contributed by atoms with E-state index in [1.54, 1.807) is 0 Å². The van der Waals surface area contributed by atoms with Crippen molar-refractivity contribution in [1.82, 2.24) is 5.32 Å². The minimum absolute atomic E-state index is 0.768. The van der Waals surface area contributed by atoms with Crippen LogP contribution in [-0.4, -0.2) is 53.4 Å². The molecule has 0 heterocycles. The van der Waals surface area contributed by atoms with Crippen LogP contribution in [0.25, 0.3) is 0 Å². The van der Waals surface area contributed by atoms with E-state index in [2.05, 4.69) is 0 Å². The fraction of sp³-hybridized carbons (Fsp3) is 1.00. The predicted octanol–water partition coefficient (Wildman–Crippen LogP) is -1.15. The minimum Gasteiger partial charge on any atom is -0.394 e. The van der Waals surface area contributed by atoms with Crippen LogP contribution < -0.4 is 5.32 Å². The SMILES string of the molecule is OCC(CO)(CO)NCC(F)(F)F. The molecule has 0 spiro atoms. The van der Waals surface area contributed by atoms with E-state index in [4.69, 9.17) is 15.3 Å². The van der Waals surface area contributed by atoms with Crippen molar-refractivity contribution in [1.29, 1.82) is 0 Å². The zero-order chi connectivity index (χ0) is 10.5. The molecule has 0 bridgehead atoms. The molecule has 13 heavy (non-hydrogen) atoms. The summed E-state index contributed by atoms with van der Waals surface area (Å²) in [5.41, 5.74) is -1.67. The van der Waals surface area contributed by atoms with Crippen LogP contribution in [0.5, 0.6) is 0 Å². The van der Waals surface area contributed by atoms with Crippen molar-refractivity contribution in [3.8, 4) is 0 Å². The molecule has 4 nitrogen and oxygen atoms in total. The second-order valence-corrected chi connectivity index (χ2v) is 2.72. The molecule has 0 aromatic heterocycles. The van der Waals surface area contributed by atoms with E-state index < -0.39 is 38.1 Å². The van der Waals surface area contributed by atoms with Gasteiger partial charge in [-0.05, 0) is 0 Å². The summed E-state index contributed by atoms with van der Waals surface area (Å²) in [5.74, 6) is 0. The Balaban J connectivity index is 4.11. The van der Waals surface area contributed by atoms with E-state index in [1.807, 2.05) is 5.32 Å². The second kappa shape index (κ2) is 4.75. The summed E-state index contributed by atoms with van der Waals surface area (Å²) in [7, 11) is 0. The Morgan fingerprint density at radius 3 is 1.54 bits per heavy atom. The van der Waals surface area contributed by atoms with Gasteiger partial charge in [-0.2, -0.15) is 13.2 Å². The standard InChI is InChI=1S/C6H12F3NO3/c7-6(8,9)1-10-5(2-11,3-12)4-13/h10-13H,1-4H2. The lowest BCUT2D eigenvalue weighted by molar-refractivity contribution is -0.132. The summed E-state index contributed by atoms with van der Waals surface area (Å²) >= 11 is 0. The van der Waals surface area contributed by atoms with Crippen molar-refractivity contribution < 1.29 is 28.5 Å². The van der Waals surface area contributed by atoms with E-state index in [0.717, 1.165) is 0 Å². The quantitative estimate of drug-likeness (QED) is 0.455. The normalized spacial score (nSPS) is 13.4. The van der Waals surface area contributed by atoms with Gasteiger partial charge in [0.05, 0.1) is 31.9 Å². The summed E-state index contributed by atoms with van der Waals surface area (Å²) in [6.45, 7) is -3.67. The first-order valence-electron chi connectivity index (χ1n) is 3.53. The highest BCUT2D eigenvalue weighted by molar-refractivity contribution is 4.86. The van der Waals surface area contributed by atoms with Gasteiger partial charge >= 0.3 is 6.18 Å². The monoisotopic (exact) mass is 203 g/mol. The Kier molecular flexibility index (Phi) is 4.62. The van der Waals surface area contributed by atoms with Crippen molar-refractivity contribution in [2.24, 2.45) is 0 Å². The molecule has 0 atom stereocenters. The van der Waals surface area contributed by atoms with E-state index in [9.17, 15) is 13.2 Å². The fourth-order valence-corrected chi connectivity index (χ4v) is 0.605. The number of aliphatic hydroxyl groups excluding tert-OH is 3. The zero-order valence-corrected chi connectivity index (χ0v) is 6.80. The average molecular weight is 203 g/mol. The third-order valence-corrected chi connectivity index (χ3v) is 1.57. The molecule has 0 aromatic carbocycles. The van der Waals surface area contributed by atoms with Crippen LogP contribution in [-0.2, 0) is 0 Å². The van der Waals surface area contributed by atoms with Crippen LogP contribution in [0, 0.1) is 0 Å². The fourth-order valence-electron chi connectivity index (χ4n) is 0.605. The Morgan fingerprint density at radius 1 is 0.923 bits per heavy atom. The first kappa shape index (κ1) is 12.6. The molecule has 80 valence electrons. The molecule has 0 aliphatic heterocycles. The average Bonchev–Trinajstić information content (AvgIpc) is 2.06. The molecule has 0 saturated heterocycles. The first-order valence-corrected chi connectivity index (χ1v) is 3.53. The third kappa shape index (κ3) is 4.41. The van der Waals surface area contributed by atoms with Gasteiger partial charge in [0.15, 0.2) is 0 Å². The maximum absolute atomic E-state index is 11.7. The van der Waals surface area contributed by atoms with Gasteiger partial charge in [-0.1, -0.05) is 0 Å². The van der Waals surface area contributed by atoms with E-state index in [-0.39, 0.29) is 0 Å². The van der Waals surface area contributed by atoms with Gasteiger partial charge < -0.3 is 15.3 Å². The zero-order valence-electron chi connectivity index (χ0n) is 6.80. The minimum atomic E-state index is -4.44. The molecule has 0 unspecified atom stereocenters. The Labute approximate surface area is 73.0 Å². The number of rotatable bonds is 5. The molecule has 7 heteroatoms. The number of halogens is 3. The number of nitrogens with one attached hydrogen (secondary N) is 1. The summed E-state index contributed by atoms with van der Waals surface area (Å²) in [6.07, 6.45) is -4.44. The molecule has 0 aromatic rings. The number of hydrogen-bond donors (Lipinski definition) is 4. The highest BCUT2D eigenvalue weighted by Crippen LogP contribution is 2.14. The molecular weight excluding hydrogens is 191 g/mol. The highest BCUT2D eigenvalue weighted by atomic mass is 19.4. The summed E-state index contributed by atoms with van der Waals surface area (Å²) < 4.78 is 35.1.